The number of anilines is 1. The van der Waals surface area contributed by atoms with Gasteiger partial charge in [0, 0.05) is 25.3 Å². The van der Waals surface area contributed by atoms with E-state index in [1.54, 1.807) is 32.9 Å². The lowest BCUT2D eigenvalue weighted by atomic mass is 10.1. The Labute approximate surface area is 134 Å². The first-order valence-electron chi connectivity index (χ1n) is 7.40. The van der Waals surface area contributed by atoms with Gasteiger partial charge in [0.25, 0.3) is 0 Å². The number of carboxylic acids is 1. The molecule has 0 spiro atoms. The zero-order valence-electron chi connectivity index (χ0n) is 13.5. The average molecular weight is 324 g/mol. The van der Waals surface area contributed by atoms with Crippen molar-refractivity contribution in [1.29, 1.82) is 0 Å². The van der Waals surface area contributed by atoms with Gasteiger partial charge in [-0.2, -0.15) is 0 Å². The minimum absolute atomic E-state index is 0.125. The maximum absolute atomic E-state index is 13.0. The summed E-state index contributed by atoms with van der Waals surface area (Å²) in [6, 6.07) is 4.83. The Morgan fingerprint density at radius 2 is 1.83 bits per heavy atom. The molecule has 0 unspecified atom stereocenters. The van der Waals surface area contributed by atoms with Crippen molar-refractivity contribution in [1.82, 2.24) is 4.90 Å². The highest BCUT2D eigenvalue weighted by Crippen LogP contribution is 2.21. The third-order valence-corrected chi connectivity index (χ3v) is 3.49. The number of piperazine rings is 1. The van der Waals surface area contributed by atoms with Gasteiger partial charge in [-0.05, 0) is 45.0 Å². The molecule has 1 aromatic carbocycles. The van der Waals surface area contributed by atoms with Crippen LogP contribution in [-0.2, 0) is 9.53 Å². The van der Waals surface area contributed by atoms with Crippen LogP contribution >= 0.6 is 0 Å². The van der Waals surface area contributed by atoms with Gasteiger partial charge in [0.1, 0.15) is 17.5 Å². The molecule has 0 aliphatic carbocycles. The summed E-state index contributed by atoms with van der Waals surface area (Å²) in [6.07, 6.45) is -0.636. The molecule has 1 atom stereocenters. The van der Waals surface area contributed by atoms with E-state index in [0.717, 1.165) is 5.69 Å². The Bertz CT molecular complexity index is 583. The maximum Gasteiger partial charge on any atom is 0.411 e. The summed E-state index contributed by atoms with van der Waals surface area (Å²) in [5, 5.41) is 9.43. The van der Waals surface area contributed by atoms with Crippen LogP contribution in [0.15, 0.2) is 24.3 Å². The standard InChI is InChI=1S/C16H21FN2O4/c1-16(2,3)23-15(22)19-9-8-18(10-13(19)14(20)21)12-6-4-11(17)5-7-12/h4-7,13H,8-10H2,1-3H3,(H,20,21)/t13-/m1/s1. The normalized spacial score (nSPS) is 18.7. The maximum atomic E-state index is 13.0. The van der Waals surface area contributed by atoms with Crippen LogP contribution in [0.5, 0.6) is 0 Å². The second kappa shape index (κ2) is 6.44. The van der Waals surface area contributed by atoms with E-state index in [1.165, 1.54) is 17.0 Å². The highest BCUT2D eigenvalue weighted by atomic mass is 19.1. The Hall–Kier alpha value is -2.31. The molecule has 1 heterocycles. The molecule has 2 rings (SSSR count). The molecule has 1 amide bonds. The number of halogens is 1. The predicted molar refractivity (Wildman–Crippen MR) is 83.0 cm³/mol. The number of aliphatic carboxylic acids is 1. The fraction of sp³-hybridized carbons (Fsp3) is 0.500. The van der Waals surface area contributed by atoms with Crippen LogP contribution < -0.4 is 4.90 Å². The van der Waals surface area contributed by atoms with Crippen molar-refractivity contribution in [3.05, 3.63) is 30.1 Å². The fourth-order valence-corrected chi connectivity index (χ4v) is 2.42. The third-order valence-electron chi connectivity index (χ3n) is 3.49. The fourth-order valence-electron chi connectivity index (χ4n) is 2.42. The number of carbonyl (C=O) groups is 2. The van der Waals surface area contributed by atoms with Crippen LogP contribution in [0.3, 0.4) is 0 Å². The van der Waals surface area contributed by atoms with Crippen LogP contribution in [0.4, 0.5) is 14.9 Å². The molecule has 1 N–H and O–H groups in total. The van der Waals surface area contributed by atoms with Gasteiger partial charge in [-0.15, -0.1) is 0 Å². The van der Waals surface area contributed by atoms with E-state index in [1.807, 2.05) is 4.90 Å². The van der Waals surface area contributed by atoms with Crippen LogP contribution in [0.25, 0.3) is 0 Å². The number of hydrogen-bond acceptors (Lipinski definition) is 4. The number of benzene rings is 1. The van der Waals surface area contributed by atoms with Crippen LogP contribution in [-0.4, -0.2) is 53.3 Å². The summed E-state index contributed by atoms with van der Waals surface area (Å²) >= 11 is 0. The van der Waals surface area contributed by atoms with Gasteiger partial charge in [0.2, 0.25) is 0 Å². The number of rotatable bonds is 2. The molecule has 0 bridgehead atoms. The van der Waals surface area contributed by atoms with Crippen molar-refractivity contribution in [2.45, 2.75) is 32.4 Å². The van der Waals surface area contributed by atoms with Crippen LogP contribution in [0, 0.1) is 5.82 Å². The van der Waals surface area contributed by atoms with Gasteiger partial charge in [-0.1, -0.05) is 0 Å². The van der Waals surface area contributed by atoms with E-state index >= 15 is 0 Å². The third kappa shape index (κ3) is 4.34. The number of nitrogens with zero attached hydrogens (tertiary/aromatic N) is 2. The lowest BCUT2D eigenvalue weighted by molar-refractivity contribution is -0.143. The van der Waals surface area contributed by atoms with Crippen molar-refractivity contribution >= 4 is 17.7 Å². The predicted octanol–water partition coefficient (Wildman–Crippen LogP) is 2.34. The Morgan fingerprint density at radius 1 is 1.22 bits per heavy atom. The largest absolute Gasteiger partial charge is 0.480 e. The summed E-state index contributed by atoms with van der Waals surface area (Å²) in [7, 11) is 0. The highest BCUT2D eigenvalue weighted by Gasteiger charge is 2.37. The van der Waals surface area contributed by atoms with Crippen molar-refractivity contribution in [2.24, 2.45) is 0 Å². The van der Waals surface area contributed by atoms with Gasteiger partial charge in [-0.3, -0.25) is 4.90 Å². The Morgan fingerprint density at radius 3 is 2.35 bits per heavy atom. The summed E-state index contributed by atoms with van der Waals surface area (Å²) < 4.78 is 18.3. The van der Waals surface area contributed by atoms with Gasteiger partial charge in [-0.25, -0.2) is 14.0 Å². The van der Waals surface area contributed by atoms with Gasteiger partial charge in [0.05, 0.1) is 0 Å². The first-order chi connectivity index (χ1) is 10.7. The van der Waals surface area contributed by atoms with Gasteiger partial charge >= 0.3 is 12.1 Å². The van der Waals surface area contributed by atoms with Crippen molar-refractivity contribution in [3.8, 4) is 0 Å². The zero-order chi connectivity index (χ0) is 17.2. The smallest absolute Gasteiger partial charge is 0.411 e. The molecule has 1 aliphatic heterocycles. The average Bonchev–Trinajstić information content (AvgIpc) is 2.45. The lowest BCUT2D eigenvalue weighted by Gasteiger charge is -2.40. The van der Waals surface area contributed by atoms with Crippen LogP contribution in [0.2, 0.25) is 0 Å². The first-order valence-corrected chi connectivity index (χ1v) is 7.40. The monoisotopic (exact) mass is 324 g/mol. The first kappa shape index (κ1) is 17.1. The summed E-state index contributed by atoms with van der Waals surface area (Å²) in [6.45, 7) is 6.00. The second-order valence-electron chi connectivity index (χ2n) is 6.45. The number of ether oxygens (including phenoxy) is 1. The van der Waals surface area contributed by atoms with E-state index in [9.17, 15) is 19.1 Å². The van der Waals surface area contributed by atoms with Crippen molar-refractivity contribution in [3.63, 3.8) is 0 Å². The van der Waals surface area contributed by atoms with Gasteiger partial charge in [0.15, 0.2) is 0 Å². The summed E-state index contributed by atoms with van der Waals surface area (Å²) in [5.74, 6) is -1.45. The quantitative estimate of drug-likeness (QED) is 0.904. The molecular formula is C16H21FN2O4. The number of amides is 1. The number of hydrogen-bond donors (Lipinski definition) is 1. The minimum atomic E-state index is -1.09. The molecule has 1 fully saturated rings. The molecule has 1 aliphatic rings. The second-order valence-corrected chi connectivity index (χ2v) is 6.45. The molecule has 0 saturated carbocycles. The Balaban J connectivity index is 2.13. The molecule has 1 aromatic rings. The summed E-state index contributed by atoms with van der Waals surface area (Å²) in [4.78, 5) is 26.8. The molecule has 126 valence electrons. The molecule has 7 heteroatoms. The molecule has 0 radical (unpaired) electrons. The van der Waals surface area contributed by atoms with Crippen molar-refractivity contribution < 1.29 is 23.8 Å². The molecule has 23 heavy (non-hydrogen) atoms. The Kier molecular flexibility index (Phi) is 4.77. The van der Waals surface area contributed by atoms with Crippen LogP contribution in [0.1, 0.15) is 20.8 Å². The molecule has 1 saturated heterocycles. The van der Waals surface area contributed by atoms with E-state index < -0.39 is 23.7 Å². The van der Waals surface area contributed by atoms with Gasteiger partial charge < -0.3 is 14.7 Å². The molecule has 6 nitrogen and oxygen atoms in total. The van der Waals surface area contributed by atoms with Crippen molar-refractivity contribution in [2.75, 3.05) is 24.5 Å². The zero-order valence-corrected chi connectivity index (χ0v) is 13.5. The van der Waals surface area contributed by atoms with E-state index in [-0.39, 0.29) is 18.9 Å². The SMILES string of the molecule is CC(C)(C)OC(=O)N1CCN(c2ccc(F)cc2)C[C@@H]1C(=O)O. The van der Waals surface area contributed by atoms with E-state index in [4.69, 9.17) is 4.74 Å². The highest BCUT2D eigenvalue weighted by molar-refractivity contribution is 5.81. The topological polar surface area (TPSA) is 70.1 Å². The number of carbonyl (C=O) groups excluding carboxylic acids is 1. The number of carboxylic acid groups (broad SMARTS) is 1. The minimum Gasteiger partial charge on any atom is -0.480 e. The van der Waals surface area contributed by atoms with E-state index in [0.29, 0.717) is 6.54 Å². The lowest BCUT2D eigenvalue weighted by Crippen LogP contribution is -2.59. The van der Waals surface area contributed by atoms with E-state index in [2.05, 4.69) is 0 Å². The molecule has 0 aromatic heterocycles. The summed E-state index contributed by atoms with van der Waals surface area (Å²) in [5.41, 5.74) is 0.0373. The molecular weight excluding hydrogens is 303 g/mol.